The van der Waals surface area contributed by atoms with Gasteiger partial charge in [-0.2, -0.15) is 0 Å². The topological polar surface area (TPSA) is 49.7 Å². The van der Waals surface area contributed by atoms with Crippen molar-refractivity contribution in [1.82, 2.24) is 0 Å². The average molecular weight is 274 g/mol. The Hall–Kier alpha value is -2.13. The fraction of sp³-hybridized carbons (Fsp3) is 0.0667. The van der Waals surface area contributed by atoms with Crippen molar-refractivity contribution in [3.05, 3.63) is 58.6 Å². The zero-order valence-corrected chi connectivity index (χ0v) is 11.1. The molecular weight excluding hydrogens is 262 g/mol. The van der Waals surface area contributed by atoms with Crippen molar-refractivity contribution in [2.45, 2.75) is 6.92 Å². The molecule has 3 nitrogen and oxygen atoms in total. The third-order valence-electron chi connectivity index (χ3n) is 2.59. The molecular formula is C15H12ClNO2. The maximum atomic E-state index is 11.3. The lowest BCUT2D eigenvalue weighted by molar-refractivity contribution is 0.101. The summed E-state index contributed by atoms with van der Waals surface area (Å²) in [6, 6.07) is 11.7. The van der Waals surface area contributed by atoms with Crippen LogP contribution >= 0.6 is 11.6 Å². The largest absolute Gasteiger partial charge is 0.507 e. The molecule has 0 amide bonds. The Morgan fingerprint density at radius 2 is 2.05 bits per heavy atom. The Kier molecular flexibility index (Phi) is 3.97. The molecule has 0 radical (unpaired) electrons. The molecule has 0 saturated carbocycles. The van der Waals surface area contributed by atoms with Crippen LogP contribution in [0.5, 0.6) is 5.75 Å². The Balaban J connectivity index is 2.30. The summed E-state index contributed by atoms with van der Waals surface area (Å²) in [6.07, 6.45) is 1.51. The van der Waals surface area contributed by atoms with E-state index in [-0.39, 0.29) is 11.5 Å². The lowest BCUT2D eigenvalue weighted by atomic mass is 10.1. The summed E-state index contributed by atoms with van der Waals surface area (Å²) in [5, 5.41) is 10.2. The van der Waals surface area contributed by atoms with Crippen LogP contribution < -0.4 is 0 Å². The lowest BCUT2D eigenvalue weighted by Gasteiger charge is -2.00. The van der Waals surface area contributed by atoms with Gasteiger partial charge in [0.15, 0.2) is 5.78 Å². The van der Waals surface area contributed by atoms with Gasteiger partial charge in [-0.3, -0.25) is 9.79 Å². The van der Waals surface area contributed by atoms with E-state index in [4.69, 9.17) is 11.6 Å². The van der Waals surface area contributed by atoms with Gasteiger partial charge in [0.05, 0.1) is 5.69 Å². The number of phenols is 1. The van der Waals surface area contributed by atoms with Gasteiger partial charge < -0.3 is 5.11 Å². The molecule has 2 aromatic rings. The first-order chi connectivity index (χ1) is 9.06. The van der Waals surface area contributed by atoms with E-state index >= 15 is 0 Å². The van der Waals surface area contributed by atoms with E-state index in [1.165, 1.54) is 19.2 Å². The fourth-order valence-corrected chi connectivity index (χ4v) is 1.76. The highest BCUT2D eigenvalue weighted by Crippen LogP contribution is 2.21. The second-order valence-electron chi connectivity index (χ2n) is 4.07. The molecule has 96 valence electrons. The van der Waals surface area contributed by atoms with E-state index in [0.29, 0.717) is 21.8 Å². The quantitative estimate of drug-likeness (QED) is 0.679. The number of Topliss-reactive ketones (excluding diaryl/α,β-unsaturated/α-hetero) is 1. The molecule has 0 heterocycles. The van der Waals surface area contributed by atoms with Crippen LogP contribution in [0.4, 0.5) is 5.69 Å². The van der Waals surface area contributed by atoms with Crippen molar-refractivity contribution in [3.63, 3.8) is 0 Å². The monoisotopic (exact) mass is 273 g/mol. The molecule has 0 aliphatic carbocycles. The molecule has 4 heteroatoms. The lowest BCUT2D eigenvalue weighted by Crippen LogP contribution is -1.90. The van der Waals surface area contributed by atoms with Gasteiger partial charge in [0.1, 0.15) is 5.75 Å². The minimum absolute atomic E-state index is 0.0114. The number of aliphatic imine (C=N–C) groups is 1. The average Bonchev–Trinajstić information content (AvgIpc) is 2.40. The maximum absolute atomic E-state index is 11.3. The SMILES string of the molecule is CC(=O)c1cccc(N=Cc2cc(Cl)ccc2O)c1. The van der Waals surface area contributed by atoms with Crippen LogP contribution in [0.25, 0.3) is 0 Å². The minimum atomic E-state index is -0.0114. The molecule has 0 aliphatic heterocycles. The van der Waals surface area contributed by atoms with E-state index in [2.05, 4.69) is 4.99 Å². The van der Waals surface area contributed by atoms with Crippen molar-refractivity contribution < 1.29 is 9.90 Å². The normalized spacial score (nSPS) is 10.8. The van der Waals surface area contributed by atoms with Crippen molar-refractivity contribution in [3.8, 4) is 5.75 Å². The summed E-state index contributed by atoms with van der Waals surface area (Å²) in [4.78, 5) is 15.5. The van der Waals surface area contributed by atoms with Gasteiger partial charge in [-0.05, 0) is 37.3 Å². The van der Waals surface area contributed by atoms with Crippen LogP contribution in [0.1, 0.15) is 22.8 Å². The number of halogens is 1. The summed E-state index contributed by atoms with van der Waals surface area (Å²) in [7, 11) is 0. The predicted molar refractivity (Wildman–Crippen MR) is 76.8 cm³/mol. The van der Waals surface area contributed by atoms with Gasteiger partial charge in [0.2, 0.25) is 0 Å². The van der Waals surface area contributed by atoms with Gasteiger partial charge in [-0.1, -0.05) is 23.7 Å². The number of carbonyl (C=O) groups is 1. The molecule has 2 rings (SSSR count). The Morgan fingerprint density at radius 3 is 2.79 bits per heavy atom. The number of ketones is 1. The van der Waals surface area contributed by atoms with E-state index in [0.717, 1.165) is 0 Å². The third kappa shape index (κ3) is 3.42. The number of nitrogens with zero attached hydrogens (tertiary/aromatic N) is 1. The van der Waals surface area contributed by atoms with Gasteiger partial charge in [0, 0.05) is 22.4 Å². The first-order valence-electron chi connectivity index (χ1n) is 5.70. The van der Waals surface area contributed by atoms with Crippen molar-refractivity contribution in [1.29, 1.82) is 0 Å². The highest BCUT2D eigenvalue weighted by molar-refractivity contribution is 6.30. The first kappa shape index (κ1) is 13.3. The smallest absolute Gasteiger partial charge is 0.159 e. The Morgan fingerprint density at radius 1 is 1.26 bits per heavy atom. The number of hydrogen-bond donors (Lipinski definition) is 1. The van der Waals surface area contributed by atoms with Gasteiger partial charge in [0.25, 0.3) is 0 Å². The Bertz CT molecular complexity index is 650. The highest BCUT2D eigenvalue weighted by Gasteiger charge is 2.01. The Labute approximate surface area is 116 Å². The molecule has 19 heavy (non-hydrogen) atoms. The second kappa shape index (κ2) is 5.67. The zero-order valence-electron chi connectivity index (χ0n) is 10.3. The van der Waals surface area contributed by atoms with Gasteiger partial charge in [-0.15, -0.1) is 0 Å². The highest BCUT2D eigenvalue weighted by atomic mass is 35.5. The third-order valence-corrected chi connectivity index (χ3v) is 2.83. The van der Waals surface area contributed by atoms with Crippen LogP contribution in [0.3, 0.4) is 0 Å². The number of phenolic OH excluding ortho intramolecular Hbond substituents is 1. The van der Waals surface area contributed by atoms with E-state index in [9.17, 15) is 9.90 Å². The number of carbonyl (C=O) groups excluding carboxylic acids is 1. The van der Waals surface area contributed by atoms with E-state index < -0.39 is 0 Å². The molecule has 0 aromatic heterocycles. The van der Waals surface area contributed by atoms with Crippen molar-refractivity contribution >= 4 is 29.3 Å². The molecule has 1 N–H and O–H groups in total. The molecule has 0 atom stereocenters. The number of aromatic hydroxyl groups is 1. The molecule has 2 aromatic carbocycles. The minimum Gasteiger partial charge on any atom is -0.507 e. The second-order valence-corrected chi connectivity index (χ2v) is 4.50. The summed E-state index contributed by atoms with van der Waals surface area (Å²) in [6.45, 7) is 1.51. The van der Waals surface area contributed by atoms with Crippen LogP contribution in [-0.4, -0.2) is 17.1 Å². The van der Waals surface area contributed by atoms with Crippen molar-refractivity contribution in [2.24, 2.45) is 4.99 Å². The summed E-state index contributed by atoms with van der Waals surface area (Å²) < 4.78 is 0. The summed E-state index contributed by atoms with van der Waals surface area (Å²) in [5.41, 5.74) is 1.78. The zero-order chi connectivity index (χ0) is 13.8. The van der Waals surface area contributed by atoms with Crippen molar-refractivity contribution in [2.75, 3.05) is 0 Å². The van der Waals surface area contributed by atoms with Crippen LogP contribution in [0.15, 0.2) is 47.5 Å². The van der Waals surface area contributed by atoms with E-state index in [1.807, 2.05) is 0 Å². The van der Waals surface area contributed by atoms with Crippen LogP contribution in [0.2, 0.25) is 5.02 Å². The molecule has 0 bridgehead atoms. The van der Waals surface area contributed by atoms with Gasteiger partial charge in [-0.25, -0.2) is 0 Å². The number of benzene rings is 2. The standard InChI is InChI=1S/C15H12ClNO2/c1-10(18)11-3-2-4-14(8-11)17-9-12-7-13(16)5-6-15(12)19/h2-9,19H,1H3. The molecule has 0 unspecified atom stereocenters. The molecule has 0 spiro atoms. The molecule has 0 saturated heterocycles. The number of hydrogen-bond acceptors (Lipinski definition) is 3. The van der Waals surface area contributed by atoms with E-state index in [1.54, 1.807) is 36.4 Å². The van der Waals surface area contributed by atoms with Gasteiger partial charge >= 0.3 is 0 Å². The van der Waals surface area contributed by atoms with Crippen LogP contribution in [-0.2, 0) is 0 Å². The van der Waals surface area contributed by atoms with Crippen LogP contribution in [0, 0.1) is 0 Å². The maximum Gasteiger partial charge on any atom is 0.159 e. The first-order valence-corrected chi connectivity index (χ1v) is 6.07. The number of rotatable bonds is 3. The molecule has 0 fully saturated rings. The fourth-order valence-electron chi connectivity index (χ4n) is 1.58. The predicted octanol–water partition coefficient (Wildman–Crippen LogP) is 4.00. The molecule has 0 aliphatic rings. The summed E-state index contributed by atoms with van der Waals surface area (Å²) >= 11 is 5.85. The summed E-state index contributed by atoms with van der Waals surface area (Å²) in [5.74, 6) is 0.0959.